The summed E-state index contributed by atoms with van der Waals surface area (Å²) in [5, 5.41) is 10.0. The second-order valence-electron chi connectivity index (χ2n) is 4.77. The Morgan fingerprint density at radius 1 is 1.33 bits per heavy atom. The first-order valence-corrected chi connectivity index (χ1v) is 6.81. The Kier molecular flexibility index (Phi) is 6.49. The van der Waals surface area contributed by atoms with Gasteiger partial charge >= 0.3 is 0 Å². The first-order chi connectivity index (χ1) is 8.52. The van der Waals surface area contributed by atoms with Crippen LogP contribution in [0.3, 0.4) is 0 Å². The highest BCUT2D eigenvalue weighted by atomic mass is 35.5. The lowest BCUT2D eigenvalue weighted by Crippen LogP contribution is -2.28. The van der Waals surface area contributed by atoms with Crippen LogP contribution in [0.4, 0.5) is 0 Å². The third-order valence-electron chi connectivity index (χ3n) is 2.57. The van der Waals surface area contributed by atoms with Crippen LogP contribution in [0.2, 0.25) is 10.0 Å². The number of hydrogen-bond donors (Lipinski definition) is 0. The zero-order chi connectivity index (χ0) is 13.5. The molecule has 0 aliphatic rings. The summed E-state index contributed by atoms with van der Waals surface area (Å²) in [5.74, 6) is 0.565. The summed E-state index contributed by atoms with van der Waals surface area (Å²) in [6.45, 7) is 6.83. The predicted molar refractivity (Wildman–Crippen MR) is 76.8 cm³/mol. The number of nitrogens with zero attached hydrogens (tertiary/aromatic N) is 2. The molecule has 1 aromatic carbocycles. The normalized spacial score (nSPS) is 10.9. The van der Waals surface area contributed by atoms with Crippen molar-refractivity contribution in [2.75, 3.05) is 13.1 Å². The molecule has 0 saturated heterocycles. The van der Waals surface area contributed by atoms with Crippen LogP contribution in [-0.2, 0) is 6.54 Å². The van der Waals surface area contributed by atoms with Gasteiger partial charge in [-0.1, -0.05) is 43.1 Å². The fourth-order valence-corrected chi connectivity index (χ4v) is 2.32. The SMILES string of the molecule is CC(C)CN(CCC#N)Cc1ccc(Cl)cc1Cl. The van der Waals surface area contributed by atoms with E-state index in [2.05, 4.69) is 24.8 Å². The third kappa shape index (κ3) is 5.27. The van der Waals surface area contributed by atoms with Gasteiger partial charge in [0.25, 0.3) is 0 Å². The maximum absolute atomic E-state index is 8.69. The molecular formula is C14H18Cl2N2. The average molecular weight is 285 g/mol. The molecule has 0 aliphatic carbocycles. The minimum atomic E-state index is 0.540. The quantitative estimate of drug-likeness (QED) is 0.776. The molecule has 0 spiro atoms. The van der Waals surface area contributed by atoms with Crippen LogP contribution in [-0.4, -0.2) is 18.0 Å². The molecule has 0 radical (unpaired) electrons. The molecule has 18 heavy (non-hydrogen) atoms. The maximum atomic E-state index is 8.69. The van der Waals surface area contributed by atoms with Gasteiger partial charge in [0.1, 0.15) is 0 Å². The summed E-state index contributed by atoms with van der Waals surface area (Å²) in [6.07, 6.45) is 0.540. The summed E-state index contributed by atoms with van der Waals surface area (Å²) < 4.78 is 0. The number of nitriles is 1. The molecule has 0 atom stereocenters. The molecule has 2 nitrogen and oxygen atoms in total. The van der Waals surface area contributed by atoms with Crippen molar-refractivity contribution in [2.24, 2.45) is 5.92 Å². The van der Waals surface area contributed by atoms with Gasteiger partial charge in [-0.05, 0) is 23.6 Å². The lowest BCUT2D eigenvalue weighted by Gasteiger charge is -2.23. The molecule has 1 rings (SSSR count). The van der Waals surface area contributed by atoms with Gasteiger partial charge in [0.05, 0.1) is 6.07 Å². The molecule has 0 N–H and O–H groups in total. The van der Waals surface area contributed by atoms with Gasteiger partial charge in [0, 0.05) is 36.1 Å². The fourth-order valence-electron chi connectivity index (χ4n) is 1.85. The Morgan fingerprint density at radius 2 is 2.06 bits per heavy atom. The van der Waals surface area contributed by atoms with Gasteiger partial charge in [-0.3, -0.25) is 4.90 Å². The van der Waals surface area contributed by atoms with Crippen molar-refractivity contribution in [1.82, 2.24) is 4.90 Å². The molecule has 0 heterocycles. The lowest BCUT2D eigenvalue weighted by molar-refractivity contribution is 0.241. The van der Waals surface area contributed by atoms with E-state index < -0.39 is 0 Å². The van der Waals surface area contributed by atoms with Crippen molar-refractivity contribution in [1.29, 1.82) is 5.26 Å². The van der Waals surface area contributed by atoms with E-state index in [9.17, 15) is 0 Å². The largest absolute Gasteiger partial charge is 0.298 e. The van der Waals surface area contributed by atoms with E-state index in [0.29, 0.717) is 22.4 Å². The van der Waals surface area contributed by atoms with Crippen molar-refractivity contribution in [2.45, 2.75) is 26.8 Å². The summed E-state index contributed by atoms with van der Waals surface area (Å²) >= 11 is 12.0. The molecule has 0 fully saturated rings. The summed E-state index contributed by atoms with van der Waals surface area (Å²) in [6, 6.07) is 7.74. The van der Waals surface area contributed by atoms with Crippen LogP contribution >= 0.6 is 23.2 Å². The van der Waals surface area contributed by atoms with Gasteiger partial charge in [-0.2, -0.15) is 5.26 Å². The van der Waals surface area contributed by atoms with E-state index in [1.807, 2.05) is 12.1 Å². The topological polar surface area (TPSA) is 27.0 Å². The number of halogens is 2. The molecule has 0 aromatic heterocycles. The van der Waals surface area contributed by atoms with Crippen LogP contribution in [0, 0.1) is 17.2 Å². The first-order valence-electron chi connectivity index (χ1n) is 6.06. The smallest absolute Gasteiger partial charge is 0.0635 e. The summed E-state index contributed by atoms with van der Waals surface area (Å²) in [7, 11) is 0. The minimum absolute atomic E-state index is 0.540. The zero-order valence-corrected chi connectivity index (χ0v) is 12.3. The van der Waals surface area contributed by atoms with Crippen molar-refractivity contribution in [3.63, 3.8) is 0 Å². The van der Waals surface area contributed by atoms with Crippen molar-refractivity contribution in [3.8, 4) is 6.07 Å². The van der Waals surface area contributed by atoms with Crippen molar-refractivity contribution in [3.05, 3.63) is 33.8 Å². The van der Waals surface area contributed by atoms with Crippen molar-refractivity contribution < 1.29 is 0 Å². The third-order valence-corrected chi connectivity index (χ3v) is 3.16. The van der Waals surface area contributed by atoms with Gasteiger partial charge in [-0.25, -0.2) is 0 Å². The molecule has 0 aliphatic heterocycles. The van der Waals surface area contributed by atoms with Gasteiger partial charge in [-0.15, -0.1) is 0 Å². The molecular weight excluding hydrogens is 267 g/mol. The maximum Gasteiger partial charge on any atom is 0.0635 e. The summed E-state index contributed by atoms with van der Waals surface area (Å²) in [4.78, 5) is 2.25. The van der Waals surface area contributed by atoms with Gasteiger partial charge in [0.2, 0.25) is 0 Å². The Balaban J connectivity index is 2.72. The Hall–Kier alpha value is -0.750. The molecule has 0 amide bonds. The predicted octanol–water partition coefficient (Wildman–Crippen LogP) is 4.37. The Morgan fingerprint density at radius 3 is 2.61 bits per heavy atom. The van der Waals surface area contributed by atoms with Gasteiger partial charge < -0.3 is 0 Å². The fraction of sp³-hybridized carbons (Fsp3) is 0.500. The lowest BCUT2D eigenvalue weighted by atomic mass is 10.1. The van der Waals surface area contributed by atoms with Crippen molar-refractivity contribution >= 4 is 23.2 Å². The molecule has 98 valence electrons. The second-order valence-corrected chi connectivity index (χ2v) is 5.62. The first kappa shape index (κ1) is 15.3. The highest BCUT2D eigenvalue weighted by Crippen LogP contribution is 2.22. The van der Waals surface area contributed by atoms with E-state index in [0.717, 1.165) is 25.2 Å². The van der Waals surface area contributed by atoms with Gasteiger partial charge in [0.15, 0.2) is 0 Å². The Labute approximate surface area is 119 Å². The molecule has 0 bridgehead atoms. The number of hydrogen-bond acceptors (Lipinski definition) is 2. The molecule has 1 aromatic rings. The zero-order valence-electron chi connectivity index (χ0n) is 10.8. The van der Waals surface area contributed by atoms with E-state index in [1.54, 1.807) is 6.07 Å². The van der Waals surface area contributed by atoms with Crippen LogP contribution in [0.25, 0.3) is 0 Å². The van der Waals surface area contributed by atoms with E-state index in [1.165, 1.54) is 0 Å². The van der Waals surface area contributed by atoms with E-state index in [4.69, 9.17) is 28.5 Å². The van der Waals surface area contributed by atoms with Crippen LogP contribution in [0.5, 0.6) is 0 Å². The molecule has 0 saturated carbocycles. The number of benzene rings is 1. The van der Waals surface area contributed by atoms with Crippen LogP contribution < -0.4 is 0 Å². The molecule has 4 heteroatoms. The number of rotatable bonds is 6. The Bertz CT molecular complexity index is 424. The highest BCUT2D eigenvalue weighted by molar-refractivity contribution is 6.35. The minimum Gasteiger partial charge on any atom is -0.298 e. The highest BCUT2D eigenvalue weighted by Gasteiger charge is 2.10. The van der Waals surface area contributed by atoms with Crippen LogP contribution in [0.1, 0.15) is 25.8 Å². The average Bonchev–Trinajstić information content (AvgIpc) is 2.29. The molecule has 0 unspecified atom stereocenters. The van der Waals surface area contributed by atoms with E-state index >= 15 is 0 Å². The van der Waals surface area contributed by atoms with Crippen LogP contribution in [0.15, 0.2) is 18.2 Å². The van der Waals surface area contributed by atoms with E-state index in [-0.39, 0.29) is 0 Å². The standard InChI is InChI=1S/C14H18Cl2N2/c1-11(2)9-18(7-3-6-17)10-12-4-5-13(15)8-14(12)16/h4-5,8,11H,3,7,9-10H2,1-2H3. The second kappa shape index (κ2) is 7.63. The monoisotopic (exact) mass is 284 g/mol. The summed E-state index contributed by atoms with van der Waals surface area (Å²) in [5.41, 5.74) is 1.06.